The summed E-state index contributed by atoms with van der Waals surface area (Å²) in [5.41, 5.74) is 10.8. The highest BCUT2D eigenvalue weighted by Gasteiger charge is 1.96. The number of hydrogen-bond donors (Lipinski definition) is 0. The average molecular weight is 199 g/mol. The van der Waals surface area contributed by atoms with Gasteiger partial charge < -0.3 is 4.57 Å². The van der Waals surface area contributed by atoms with Crippen molar-refractivity contribution in [2.45, 2.75) is 6.92 Å². The van der Waals surface area contributed by atoms with Crippen molar-refractivity contribution in [2.75, 3.05) is 0 Å². The van der Waals surface area contributed by atoms with Gasteiger partial charge in [-0.1, -0.05) is 17.2 Å². The van der Waals surface area contributed by atoms with Crippen LogP contribution in [0.5, 0.6) is 0 Å². The molecule has 0 amide bonds. The van der Waals surface area contributed by atoms with Crippen LogP contribution in [0, 0.1) is 6.92 Å². The van der Waals surface area contributed by atoms with Crippen LogP contribution in [0.2, 0.25) is 0 Å². The Kier molecular flexibility index (Phi) is 2.39. The molecule has 0 aliphatic carbocycles. The lowest BCUT2D eigenvalue weighted by Crippen LogP contribution is -1.87. The minimum Gasteiger partial charge on any atom is -0.306 e. The molecule has 2 aromatic rings. The van der Waals surface area contributed by atoms with Gasteiger partial charge in [-0.15, -0.1) is 0 Å². The Morgan fingerprint density at radius 2 is 2.07 bits per heavy atom. The molecule has 15 heavy (non-hydrogen) atoms. The van der Waals surface area contributed by atoms with Crippen LogP contribution in [0.3, 0.4) is 0 Å². The van der Waals surface area contributed by atoms with Crippen molar-refractivity contribution in [1.82, 2.24) is 9.55 Å². The van der Waals surface area contributed by atoms with Gasteiger partial charge in [0.2, 0.25) is 0 Å². The van der Waals surface area contributed by atoms with Gasteiger partial charge >= 0.3 is 0 Å². The molecule has 2 rings (SSSR count). The van der Waals surface area contributed by atoms with Crippen molar-refractivity contribution >= 4 is 5.69 Å². The molecule has 0 N–H and O–H groups in total. The summed E-state index contributed by atoms with van der Waals surface area (Å²) in [5.74, 6) is 0. The summed E-state index contributed by atoms with van der Waals surface area (Å²) in [4.78, 5) is 6.85. The molecule has 0 atom stereocenters. The van der Waals surface area contributed by atoms with E-state index >= 15 is 0 Å². The first-order valence-corrected chi connectivity index (χ1v) is 4.46. The molecule has 0 bridgehead atoms. The van der Waals surface area contributed by atoms with Gasteiger partial charge in [-0.25, -0.2) is 4.98 Å². The van der Waals surface area contributed by atoms with E-state index in [2.05, 4.69) is 15.0 Å². The zero-order chi connectivity index (χ0) is 10.7. The van der Waals surface area contributed by atoms with E-state index in [1.54, 1.807) is 18.5 Å². The van der Waals surface area contributed by atoms with E-state index < -0.39 is 0 Å². The molecule has 1 heterocycles. The summed E-state index contributed by atoms with van der Waals surface area (Å²) >= 11 is 0. The fraction of sp³-hybridized carbons (Fsp3) is 0.100. The Labute approximate surface area is 86.6 Å². The second-order valence-corrected chi connectivity index (χ2v) is 3.13. The molecule has 5 heteroatoms. The van der Waals surface area contributed by atoms with E-state index in [-0.39, 0.29) is 0 Å². The van der Waals surface area contributed by atoms with Crippen LogP contribution < -0.4 is 0 Å². The van der Waals surface area contributed by atoms with Crippen molar-refractivity contribution < 1.29 is 0 Å². The summed E-state index contributed by atoms with van der Waals surface area (Å²) in [6, 6.07) is 7.30. The Morgan fingerprint density at radius 3 is 2.60 bits per heavy atom. The Bertz CT molecular complexity index is 505. The lowest BCUT2D eigenvalue weighted by Gasteiger charge is -2.00. The van der Waals surface area contributed by atoms with Gasteiger partial charge in [0.1, 0.15) is 0 Å². The van der Waals surface area contributed by atoms with Crippen LogP contribution in [-0.2, 0) is 0 Å². The quantitative estimate of drug-likeness (QED) is 0.416. The minimum atomic E-state index is 0.609. The van der Waals surface area contributed by atoms with Crippen LogP contribution in [0.25, 0.3) is 16.1 Å². The third-order valence-electron chi connectivity index (χ3n) is 2.02. The summed E-state index contributed by atoms with van der Waals surface area (Å²) in [5, 5.41) is 3.50. The maximum Gasteiger partial charge on any atom is 0.0995 e. The van der Waals surface area contributed by atoms with E-state index in [0.717, 1.165) is 11.4 Å². The molecule has 0 radical (unpaired) electrons. The molecule has 0 aliphatic heterocycles. The Hall–Kier alpha value is -2.26. The molecule has 0 unspecified atom stereocenters. The number of azide groups is 1. The highest BCUT2D eigenvalue weighted by Crippen LogP contribution is 2.16. The fourth-order valence-corrected chi connectivity index (χ4v) is 1.31. The van der Waals surface area contributed by atoms with E-state index in [9.17, 15) is 0 Å². The van der Waals surface area contributed by atoms with Crippen LogP contribution in [0.1, 0.15) is 5.69 Å². The molecular formula is C10H9N5. The predicted octanol–water partition coefficient (Wildman–Crippen LogP) is 3.12. The van der Waals surface area contributed by atoms with Crippen molar-refractivity contribution in [3.05, 3.63) is 52.9 Å². The molecule has 1 aromatic carbocycles. The number of benzene rings is 1. The third kappa shape index (κ3) is 1.98. The summed E-state index contributed by atoms with van der Waals surface area (Å²) in [6.45, 7) is 1.94. The maximum absolute atomic E-state index is 8.25. The fourth-order valence-electron chi connectivity index (χ4n) is 1.31. The van der Waals surface area contributed by atoms with Crippen molar-refractivity contribution in [2.24, 2.45) is 5.11 Å². The highest BCUT2D eigenvalue weighted by molar-refractivity contribution is 5.44. The standard InChI is InChI=1S/C10H9N5/c1-8-6-15(7-12-8)10-4-2-9(3-5-10)13-14-11/h2-7H,1H3. The van der Waals surface area contributed by atoms with Gasteiger partial charge in [-0.05, 0) is 24.6 Å². The Balaban J connectivity index is 2.35. The van der Waals surface area contributed by atoms with Crippen LogP contribution in [-0.4, -0.2) is 9.55 Å². The number of aromatic nitrogens is 2. The molecule has 0 saturated heterocycles. The molecule has 0 fully saturated rings. The number of aryl methyl sites for hydroxylation is 1. The summed E-state index contributed by atoms with van der Waals surface area (Å²) in [7, 11) is 0. The summed E-state index contributed by atoms with van der Waals surface area (Å²) in [6.07, 6.45) is 3.68. The number of imidazole rings is 1. The second kappa shape index (κ2) is 3.86. The monoisotopic (exact) mass is 199 g/mol. The molecule has 0 aliphatic rings. The number of rotatable bonds is 2. The first kappa shape index (κ1) is 9.30. The van der Waals surface area contributed by atoms with Crippen molar-refractivity contribution in [1.29, 1.82) is 0 Å². The molecule has 0 spiro atoms. The zero-order valence-corrected chi connectivity index (χ0v) is 8.20. The normalized spacial score (nSPS) is 9.67. The lowest BCUT2D eigenvalue weighted by molar-refractivity contribution is 1.06. The first-order valence-electron chi connectivity index (χ1n) is 4.46. The van der Waals surface area contributed by atoms with Gasteiger partial charge in [0.05, 0.1) is 12.0 Å². The van der Waals surface area contributed by atoms with Gasteiger partial charge in [-0.3, -0.25) is 0 Å². The van der Waals surface area contributed by atoms with Gasteiger partial charge in [0.15, 0.2) is 0 Å². The molecular weight excluding hydrogens is 190 g/mol. The van der Waals surface area contributed by atoms with Gasteiger partial charge in [0, 0.05) is 22.5 Å². The molecule has 5 nitrogen and oxygen atoms in total. The second-order valence-electron chi connectivity index (χ2n) is 3.13. The average Bonchev–Trinajstić information content (AvgIpc) is 2.67. The molecule has 0 saturated carbocycles. The van der Waals surface area contributed by atoms with Crippen LogP contribution in [0.15, 0.2) is 41.9 Å². The van der Waals surface area contributed by atoms with E-state index in [1.165, 1.54) is 0 Å². The Morgan fingerprint density at radius 1 is 1.33 bits per heavy atom. The third-order valence-corrected chi connectivity index (χ3v) is 2.02. The predicted molar refractivity (Wildman–Crippen MR) is 57.1 cm³/mol. The largest absolute Gasteiger partial charge is 0.306 e. The summed E-state index contributed by atoms with van der Waals surface area (Å²) < 4.78 is 1.91. The first-order chi connectivity index (χ1) is 7.29. The van der Waals surface area contributed by atoms with Gasteiger partial charge in [-0.2, -0.15) is 0 Å². The topological polar surface area (TPSA) is 66.6 Å². The van der Waals surface area contributed by atoms with Gasteiger partial charge in [0.25, 0.3) is 0 Å². The van der Waals surface area contributed by atoms with Crippen LogP contribution in [0.4, 0.5) is 5.69 Å². The van der Waals surface area contributed by atoms with Crippen molar-refractivity contribution in [3.63, 3.8) is 0 Å². The van der Waals surface area contributed by atoms with E-state index in [0.29, 0.717) is 5.69 Å². The SMILES string of the molecule is Cc1cn(-c2ccc(N=[N+]=[N-])cc2)cn1. The molecule has 74 valence electrons. The van der Waals surface area contributed by atoms with E-state index in [1.807, 2.05) is 29.8 Å². The smallest absolute Gasteiger partial charge is 0.0995 e. The van der Waals surface area contributed by atoms with Crippen molar-refractivity contribution in [3.8, 4) is 5.69 Å². The zero-order valence-electron chi connectivity index (χ0n) is 8.20. The number of nitrogens with zero attached hydrogens (tertiary/aromatic N) is 5. The lowest BCUT2D eigenvalue weighted by atomic mass is 10.3. The van der Waals surface area contributed by atoms with E-state index in [4.69, 9.17) is 5.53 Å². The van der Waals surface area contributed by atoms with Crippen LogP contribution >= 0.6 is 0 Å². The highest BCUT2D eigenvalue weighted by atomic mass is 15.1. The number of hydrogen-bond acceptors (Lipinski definition) is 2. The maximum atomic E-state index is 8.25. The minimum absolute atomic E-state index is 0.609. The molecule has 1 aromatic heterocycles.